The van der Waals surface area contributed by atoms with Gasteiger partial charge in [-0.1, -0.05) is 0 Å². The second-order valence-electron chi connectivity index (χ2n) is 8.00. The van der Waals surface area contributed by atoms with Gasteiger partial charge in [0, 0.05) is 38.5 Å². The zero-order valence-corrected chi connectivity index (χ0v) is 16.6. The number of anilines is 2. The zero-order chi connectivity index (χ0) is 19.8. The summed E-state index contributed by atoms with van der Waals surface area (Å²) >= 11 is 0. The number of nitrogens with zero attached hydrogens (tertiary/aromatic N) is 5. The van der Waals surface area contributed by atoms with Gasteiger partial charge in [-0.05, 0) is 31.7 Å². The molecule has 0 saturated carbocycles. The molecule has 9 nitrogen and oxygen atoms in total. The highest BCUT2D eigenvalue weighted by molar-refractivity contribution is 5.98. The minimum atomic E-state index is 0.268. The molecule has 5 rings (SSSR count). The molecule has 3 aromatic rings. The summed E-state index contributed by atoms with van der Waals surface area (Å²) in [6.07, 6.45) is 3.71. The van der Waals surface area contributed by atoms with Crippen molar-refractivity contribution >= 4 is 22.5 Å². The van der Waals surface area contributed by atoms with Gasteiger partial charge in [-0.3, -0.25) is 10.2 Å². The number of hydrogen-bond acceptors (Lipinski definition) is 7. The number of piperidine rings is 1. The molecule has 3 N–H and O–H groups in total. The van der Waals surface area contributed by atoms with Crippen LogP contribution in [0, 0.1) is 5.92 Å². The second-order valence-corrected chi connectivity index (χ2v) is 8.00. The van der Waals surface area contributed by atoms with Gasteiger partial charge in [-0.25, -0.2) is 4.98 Å². The monoisotopic (exact) mass is 397 g/mol. The van der Waals surface area contributed by atoms with E-state index in [4.69, 9.17) is 9.72 Å². The van der Waals surface area contributed by atoms with Crippen molar-refractivity contribution in [1.82, 2.24) is 25.4 Å². The Balaban J connectivity index is 1.61. The average Bonchev–Trinajstić information content (AvgIpc) is 3.43. The quantitative estimate of drug-likeness (QED) is 0.616. The minimum absolute atomic E-state index is 0.268. The van der Waals surface area contributed by atoms with Crippen LogP contribution in [0.25, 0.3) is 22.4 Å². The predicted octanol–water partition coefficient (Wildman–Crippen LogP) is 1.78. The van der Waals surface area contributed by atoms with E-state index in [2.05, 4.69) is 43.2 Å². The molecule has 2 aliphatic rings. The van der Waals surface area contributed by atoms with Crippen molar-refractivity contribution in [3.05, 3.63) is 18.3 Å². The number of H-pyrrole nitrogens is 2. The van der Waals surface area contributed by atoms with Crippen LogP contribution in [0.5, 0.6) is 0 Å². The maximum Gasteiger partial charge on any atom is 0.136 e. The third kappa shape index (κ3) is 3.34. The van der Waals surface area contributed by atoms with E-state index < -0.39 is 0 Å². The summed E-state index contributed by atoms with van der Waals surface area (Å²) in [6.45, 7) is 6.51. The van der Waals surface area contributed by atoms with Crippen molar-refractivity contribution in [2.24, 2.45) is 5.92 Å². The average molecular weight is 397 g/mol. The highest BCUT2D eigenvalue weighted by Gasteiger charge is 2.27. The number of hydrogen-bond donors (Lipinski definition) is 3. The molecule has 5 heterocycles. The summed E-state index contributed by atoms with van der Waals surface area (Å²) in [5.74, 6) is 1.35. The summed E-state index contributed by atoms with van der Waals surface area (Å²) in [5.41, 5.74) is 4.55. The maximum absolute atomic E-state index is 9.50. The van der Waals surface area contributed by atoms with Gasteiger partial charge in [0.1, 0.15) is 22.5 Å². The Hall–Kier alpha value is -2.65. The molecule has 0 spiro atoms. The fourth-order valence-electron chi connectivity index (χ4n) is 4.36. The minimum Gasteiger partial charge on any atom is -0.396 e. The number of rotatable bonds is 4. The summed E-state index contributed by atoms with van der Waals surface area (Å²) in [5, 5.41) is 24.4. The van der Waals surface area contributed by atoms with Crippen LogP contribution in [0.4, 0.5) is 11.5 Å². The molecule has 0 aromatic carbocycles. The lowest BCUT2D eigenvalue weighted by Crippen LogP contribution is -2.44. The SMILES string of the molecule is CC1COCCN1c1cc(N2CCC(CO)CC2)c2[nH]nc(-c3ccn[nH]3)c2n1. The molecule has 0 radical (unpaired) electrons. The van der Waals surface area contributed by atoms with E-state index in [9.17, 15) is 5.11 Å². The lowest BCUT2D eigenvalue weighted by atomic mass is 9.97. The highest BCUT2D eigenvalue weighted by atomic mass is 16.5. The second kappa shape index (κ2) is 7.64. The number of aromatic nitrogens is 5. The topological polar surface area (TPSA) is 106 Å². The van der Waals surface area contributed by atoms with Gasteiger partial charge >= 0.3 is 0 Å². The Morgan fingerprint density at radius 1 is 1.24 bits per heavy atom. The summed E-state index contributed by atoms with van der Waals surface area (Å²) in [4.78, 5) is 9.72. The molecule has 9 heteroatoms. The van der Waals surface area contributed by atoms with E-state index in [1.807, 2.05) is 6.07 Å². The van der Waals surface area contributed by atoms with E-state index in [1.54, 1.807) is 6.20 Å². The van der Waals surface area contributed by atoms with Gasteiger partial charge in [-0.15, -0.1) is 0 Å². The van der Waals surface area contributed by atoms with Crippen LogP contribution in [0.1, 0.15) is 19.8 Å². The van der Waals surface area contributed by atoms with Crippen molar-refractivity contribution in [3.8, 4) is 11.4 Å². The molecule has 1 atom stereocenters. The van der Waals surface area contributed by atoms with E-state index in [1.165, 1.54) is 0 Å². The first-order valence-electron chi connectivity index (χ1n) is 10.3. The maximum atomic E-state index is 9.50. The van der Waals surface area contributed by atoms with Gasteiger partial charge in [0.15, 0.2) is 0 Å². The Morgan fingerprint density at radius 2 is 2.10 bits per heavy atom. The van der Waals surface area contributed by atoms with Crippen molar-refractivity contribution in [2.75, 3.05) is 49.3 Å². The predicted molar refractivity (Wildman–Crippen MR) is 111 cm³/mol. The zero-order valence-electron chi connectivity index (χ0n) is 16.6. The summed E-state index contributed by atoms with van der Waals surface area (Å²) < 4.78 is 5.62. The van der Waals surface area contributed by atoms with Crippen LogP contribution in [-0.2, 0) is 4.74 Å². The molecule has 3 aromatic heterocycles. The molecular weight excluding hydrogens is 370 g/mol. The fraction of sp³-hybridized carbons (Fsp3) is 0.550. The molecular formula is C20H27N7O2. The van der Waals surface area contributed by atoms with Crippen molar-refractivity contribution in [2.45, 2.75) is 25.8 Å². The van der Waals surface area contributed by atoms with Gasteiger partial charge < -0.3 is 19.6 Å². The number of aromatic amines is 2. The first-order valence-corrected chi connectivity index (χ1v) is 10.3. The van der Waals surface area contributed by atoms with E-state index in [0.717, 1.165) is 66.4 Å². The number of nitrogens with one attached hydrogen (secondary N) is 2. The summed E-state index contributed by atoms with van der Waals surface area (Å²) in [6, 6.07) is 4.36. The molecule has 2 fully saturated rings. The molecule has 1 unspecified atom stereocenters. The number of aliphatic hydroxyl groups is 1. The lowest BCUT2D eigenvalue weighted by molar-refractivity contribution is 0.0986. The molecule has 0 amide bonds. The largest absolute Gasteiger partial charge is 0.396 e. The fourth-order valence-corrected chi connectivity index (χ4v) is 4.36. The molecule has 29 heavy (non-hydrogen) atoms. The van der Waals surface area contributed by atoms with Gasteiger partial charge in [0.2, 0.25) is 0 Å². The van der Waals surface area contributed by atoms with Crippen LogP contribution < -0.4 is 9.80 Å². The Labute approximate surface area is 169 Å². The first-order chi connectivity index (χ1) is 14.2. The third-order valence-electron chi connectivity index (χ3n) is 6.12. The van der Waals surface area contributed by atoms with Gasteiger partial charge in [0.25, 0.3) is 0 Å². The van der Waals surface area contributed by atoms with Crippen LogP contribution in [0.15, 0.2) is 18.3 Å². The van der Waals surface area contributed by atoms with Crippen molar-refractivity contribution in [3.63, 3.8) is 0 Å². The third-order valence-corrected chi connectivity index (χ3v) is 6.12. The van der Waals surface area contributed by atoms with E-state index >= 15 is 0 Å². The van der Waals surface area contributed by atoms with Crippen LogP contribution in [0.3, 0.4) is 0 Å². The Bertz CT molecular complexity index is 963. The Morgan fingerprint density at radius 3 is 2.83 bits per heavy atom. The number of fused-ring (bicyclic) bond motifs is 1. The van der Waals surface area contributed by atoms with Crippen LogP contribution >= 0.6 is 0 Å². The van der Waals surface area contributed by atoms with E-state index in [0.29, 0.717) is 19.1 Å². The standard InChI is InChI=1S/C20H27N7O2/c1-13-12-29-9-8-27(13)17-10-16(26-6-3-14(11-28)4-7-26)19-20(22-17)18(24-25-19)15-2-5-21-23-15/h2,5,10,13-14,28H,3-4,6-9,11-12H2,1H3,(H,21,23)(H,24,25). The Kier molecular flexibility index (Phi) is 4.84. The number of aliphatic hydroxyl groups excluding tert-OH is 1. The van der Waals surface area contributed by atoms with Crippen molar-refractivity contribution in [1.29, 1.82) is 0 Å². The van der Waals surface area contributed by atoms with Gasteiger partial charge in [0.05, 0.1) is 30.6 Å². The molecule has 2 aliphatic heterocycles. The normalized spacial score (nSPS) is 21.2. The lowest BCUT2D eigenvalue weighted by Gasteiger charge is -2.36. The first kappa shape index (κ1) is 18.4. The number of pyridine rings is 1. The molecule has 0 bridgehead atoms. The van der Waals surface area contributed by atoms with Crippen LogP contribution in [0.2, 0.25) is 0 Å². The summed E-state index contributed by atoms with van der Waals surface area (Å²) in [7, 11) is 0. The van der Waals surface area contributed by atoms with Gasteiger partial charge in [-0.2, -0.15) is 10.2 Å². The van der Waals surface area contributed by atoms with Crippen molar-refractivity contribution < 1.29 is 9.84 Å². The highest BCUT2D eigenvalue weighted by Crippen LogP contribution is 2.36. The molecule has 0 aliphatic carbocycles. The molecule has 154 valence electrons. The number of morpholine rings is 1. The van der Waals surface area contributed by atoms with E-state index in [-0.39, 0.29) is 12.6 Å². The molecule has 2 saturated heterocycles. The number of ether oxygens (including phenoxy) is 1. The smallest absolute Gasteiger partial charge is 0.136 e. The van der Waals surface area contributed by atoms with Crippen LogP contribution in [-0.4, -0.2) is 76.0 Å².